The summed E-state index contributed by atoms with van der Waals surface area (Å²) in [6, 6.07) is 0.480. The Morgan fingerprint density at radius 2 is 1.90 bits per heavy atom. The zero-order valence-electron chi connectivity index (χ0n) is 12.7. The summed E-state index contributed by atoms with van der Waals surface area (Å²) in [6.07, 6.45) is 7.87. The lowest BCUT2D eigenvalue weighted by molar-refractivity contribution is 0.173. The summed E-state index contributed by atoms with van der Waals surface area (Å²) in [6.45, 7) is 3.36. The highest BCUT2D eigenvalue weighted by atomic mass is 16.5. The van der Waals surface area contributed by atoms with Gasteiger partial charge in [0.15, 0.2) is 5.82 Å². The highest BCUT2D eigenvalue weighted by Gasteiger charge is 2.27. The number of hydrogen-bond acceptors (Lipinski definition) is 4. The first-order valence-corrected chi connectivity index (χ1v) is 8.08. The van der Waals surface area contributed by atoms with Gasteiger partial charge in [-0.05, 0) is 25.7 Å². The summed E-state index contributed by atoms with van der Waals surface area (Å²) >= 11 is 0. The Hall–Kier alpha value is -1.59. The molecule has 6 heteroatoms. The molecule has 1 saturated carbocycles. The van der Waals surface area contributed by atoms with Gasteiger partial charge >= 0.3 is 6.03 Å². The lowest BCUT2D eigenvalue weighted by Crippen LogP contribution is -2.48. The molecule has 1 aromatic rings. The van der Waals surface area contributed by atoms with Crippen molar-refractivity contribution < 1.29 is 9.32 Å². The fourth-order valence-electron chi connectivity index (χ4n) is 3.33. The van der Waals surface area contributed by atoms with Gasteiger partial charge in [0.05, 0.1) is 0 Å². The molecule has 116 valence electrons. The molecule has 2 amide bonds. The quantitative estimate of drug-likeness (QED) is 0.909. The Bertz CT molecular complexity index is 474. The number of aromatic nitrogens is 2. The Kier molecular flexibility index (Phi) is 4.41. The molecule has 21 heavy (non-hydrogen) atoms. The van der Waals surface area contributed by atoms with Crippen LogP contribution in [-0.4, -0.2) is 40.2 Å². The molecular formula is C15H24N4O2. The van der Waals surface area contributed by atoms with Crippen molar-refractivity contribution in [2.24, 2.45) is 0 Å². The largest absolute Gasteiger partial charge is 0.340 e. The summed E-state index contributed by atoms with van der Waals surface area (Å²) in [5, 5.41) is 7.18. The van der Waals surface area contributed by atoms with Crippen LogP contribution in [0.2, 0.25) is 0 Å². The summed E-state index contributed by atoms with van der Waals surface area (Å²) in [7, 11) is 0. The molecule has 0 spiro atoms. The molecule has 1 N–H and O–H groups in total. The average Bonchev–Trinajstić information content (AvgIpc) is 2.95. The van der Waals surface area contributed by atoms with Crippen molar-refractivity contribution >= 4 is 6.03 Å². The van der Waals surface area contributed by atoms with Crippen LogP contribution in [0, 0.1) is 6.92 Å². The number of nitrogens with one attached hydrogen (secondary N) is 1. The lowest BCUT2D eigenvalue weighted by atomic mass is 9.95. The predicted octanol–water partition coefficient (Wildman–Crippen LogP) is 2.60. The number of urea groups is 1. The third-order valence-corrected chi connectivity index (χ3v) is 4.62. The van der Waals surface area contributed by atoms with E-state index in [1.54, 1.807) is 0 Å². The van der Waals surface area contributed by atoms with Crippen LogP contribution in [-0.2, 0) is 0 Å². The lowest BCUT2D eigenvalue weighted by Gasteiger charge is -2.33. The third-order valence-electron chi connectivity index (χ3n) is 4.62. The van der Waals surface area contributed by atoms with Crippen molar-refractivity contribution in [2.45, 2.75) is 63.8 Å². The number of likely N-dealkylation sites (tertiary alicyclic amines) is 1. The van der Waals surface area contributed by atoms with E-state index in [1.165, 1.54) is 19.3 Å². The van der Waals surface area contributed by atoms with Gasteiger partial charge in [-0.25, -0.2) is 4.79 Å². The minimum Gasteiger partial charge on any atom is -0.340 e. The standard InChI is InChI=1S/C15H24N4O2/c1-11-16-14(18-21-11)12-7-9-19(10-8-12)15(20)17-13-5-3-2-4-6-13/h12-13H,2-10H2,1H3,(H,17,20). The summed E-state index contributed by atoms with van der Waals surface area (Å²) in [5.74, 6) is 1.73. The van der Waals surface area contributed by atoms with Gasteiger partial charge in [0.1, 0.15) is 0 Å². The van der Waals surface area contributed by atoms with E-state index in [2.05, 4.69) is 15.5 Å². The number of piperidine rings is 1. The normalized spacial score (nSPS) is 21.5. The van der Waals surface area contributed by atoms with Gasteiger partial charge in [-0.2, -0.15) is 4.98 Å². The first-order chi connectivity index (χ1) is 10.2. The van der Waals surface area contributed by atoms with Gasteiger partial charge in [0.25, 0.3) is 0 Å². The Morgan fingerprint density at radius 1 is 1.19 bits per heavy atom. The molecule has 1 aliphatic carbocycles. The van der Waals surface area contributed by atoms with E-state index in [9.17, 15) is 4.79 Å². The highest BCUT2D eigenvalue weighted by molar-refractivity contribution is 5.74. The molecule has 1 aliphatic heterocycles. The third kappa shape index (κ3) is 3.54. The number of nitrogens with zero attached hydrogens (tertiary/aromatic N) is 3. The van der Waals surface area contributed by atoms with Crippen molar-refractivity contribution in [3.8, 4) is 0 Å². The second kappa shape index (κ2) is 6.45. The molecule has 2 aliphatic rings. The topological polar surface area (TPSA) is 71.3 Å². The maximum Gasteiger partial charge on any atom is 0.317 e. The predicted molar refractivity (Wildman–Crippen MR) is 78.0 cm³/mol. The van der Waals surface area contributed by atoms with Crippen LogP contribution in [0.25, 0.3) is 0 Å². The van der Waals surface area contributed by atoms with E-state index in [0.717, 1.165) is 44.6 Å². The minimum absolute atomic E-state index is 0.102. The van der Waals surface area contributed by atoms with E-state index < -0.39 is 0 Å². The average molecular weight is 292 g/mol. The second-order valence-corrected chi connectivity index (χ2v) is 6.22. The molecule has 1 aromatic heterocycles. The Morgan fingerprint density at radius 3 is 2.52 bits per heavy atom. The van der Waals surface area contributed by atoms with Crippen LogP contribution in [0.1, 0.15) is 62.6 Å². The number of aryl methyl sites for hydroxylation is 1. The summed E-state index contributed by atoms with van der Waals surface area (Å²) in [4.78, 5) is 18.5. The number of carbonyl (C=O) groups is 1. The maximum absolute atomic E-state index is 12.3. The Balaban J connectivity index is 1.47. The van der Waals surface area contributed by atoms with Gasteiger partial charge < -0.3 is 14.7 Å². The first-order valence-electron chi connectivity index (χ1n) is 8.08. The molecule has 0 radical (unpaired) electrons. The van der Waals surface area contributed by atoms with E-state index in [1.807, 2.05) is 11.8 Å². The van der Waals surface area contributed by atoms with Crippen molar-refractivity contribution in [3.63, 3.8) is 0 Å². The van der Waals surface area contributed by atoms with Crippen molar-refractivity contribution in [1.29, 1.82) is 0 Å². The molecule has 3 rings (SSSR count). The monoisotopic (exact) mass is 292 g/mol. The van der Waals surface area contributed by atoms with Crippen LogP contribution in [0.3, 0.4) is 0 Å². The van der Waals surface area contributed by atoms with Crippen LogP contribution in [0.4, 0.5) is 4.79 Å². The molecular weight excluding hydrogens is 268 g/mol. The number of carbonyl (C=O) groups excluding carboxylic acids is 1. The molecule has 0 atom stereocenters. The van der Waals surface area contributed by atoms with Crippen LogP contribution in [0.5, 0.6) is 0 Å². The fourth-order valence-corrected chi connectivity index (χ4v) is 3.33. The van der Waals surface area contributed by atoms with Gasteiger partial charge in [0, 0.05) is 32.0 Å². The molecule has 0 unspecified atom stereocenters. The van der Waals surface area contributed by atoms with E-state index in [-0.39, 0.29) is 6.03 Å². The highest BCUT2D eigenvalue weighted by Crippen LogP contribution is 2.26. The van der Waals surface area contributed by atoms with Gasteiger partial charge in [-0.15, -0.1) is 0 Å². The summed E-state index contributed by atoms with van der Waals surface area (Å²) in [5.41, 5.74) is 0. The van der Waals surface area contributed by atoms with E-state index >= 15 is 0 Å². The van der Waals surface area contributed by atoms with Crippen LogP contribution in [0.15, 0.2) is 4.52 Å². The first kappa shape index (κ1) is 14.4. The molecule has 0 bridgehead atoms. The van der Waals surface area contributed by atoms with Crippen LogP contribution >= 0.6 is 0 Å². The number of rotatable bonds is 2. The molecule has 2 fully saturated rings. The molecule has 6 nitrogen and oxygen atoms in total. The smallest absolute Gasteiger partial charge is 0.317 e. The minimum atomic E-state index is 0.102. The van der Waals surface area contributed by atoms with Gasteiger partial charge in [-0.1, -0.05) is 24.4 Å². The number of amides is 2. The number of hydrogen-bond donors (Lipinski definition) is 1. The van der Waals surface area contributed by atoms with Crippen molar-refractivity contribution in [1.82, 2.24) is 20.4 Å². The van der Waals surface area contributed by atoms with Gasteiger partial charge in [0.2, 0.25) is 5.89 Å². The van der Waals surface area contributed by atoms with Gasteiger partial charge in [-0.3, -0.25) is 0 Å². The Labute approximate surface area is 125 Å². The van der Waals surface area contributed by atoms with Crippen LogP contribution < -0.4 is 5.32 Å². The maximum atomic E-state index is 12.3. The zero-order chi connectivity index (χ0) is 14.7. The molecule has 0 aromatic carbocycles. The van der Waals surface area contributed by atoms with Crippen molar-refractivity contribution in [2.75, 3.05) is 13.1 Å². The van der Waals surface area contributed by atoms with Crippen molar-refractivity contribution in [3.05, 3.63) is 11.7 Å². The fraction of sp³-hybridized carbons (Fsp3) is 0.800. The zero-order valence-corrected chi connectivity index (χ0v) is 12.7. The van der Waals surface area contributed by atoms with E-state index in [4.69, 9.17) is 4.52 Å². The SMILES string of the molecule is Cc1nc(C2CCN(C(=O)NC3CCCCC3)CC2)no1. The summed E-state index contributed by atoms with van der Waals surface area (Å²) < 4.78 is 5.04. The second-order valence-electron chi connectivity index (χ2n) is 6.22. The van der Waals surface area contributed by atoms with E-state index in [0.29, 0.717) is 17.9 Å². The molecule has 2 heterocycles. The molecule has 1 saturated heterocycles.